The van der Waals surface area contributed by atoms with Crippen molar-refractivity contribution in [3.05, 3.63) is 23.5 Å². The molecular formula is C10H10N2O3. The van der Waals surface area contributed by atoms with Gasteiger partial charge in [-0.2, -0.15) is 0 Å². The molecule has 0 radical (unpaired) electrons. The van der Waals surface area contributed by atoms with E-state index in [1.54, 1.807) is 0 Å². The predicted molar refractivity (Wildman–Crippen MR) is 53.3 cm³/mol. The smallest absolute Gasteiger partial charge is 0.352 e. The van der Waals surface area contributed by atoms with Crippen LogP contribution in [0.2, 0.25) is 0 Å². The Bertz CT molecular complexity index is 437. The van der Waals surface area contributed by atoms with E-state index >= 15 is 0 Å². The fourth-order valence-electron chi connectivity index (χ4n) is 0.905. The maximum absolute atomic E-state index is 10.5. The highest BCUT2D eigenvalue weighted by atomic mass is 16.4. The second-order valence-electron chi connectivity index (χ2n) is 2.82. The Kier molecular flexibility index (Phi) is 3.52. The molecule has 0 saturated carbocycles. The molecule has 0 atom stereocenters. The molecule has 1 aromatic rings. The summed E-state index contributed by atoms with van der Waals surface area (Å²) in [6.45, 7) is 1.66. The minimum atomic E-state index is -1.02. The minimum absolute atomic E-state index is 0.0961. The maximum atomic E-state index is 10.5. The molecule has 78 valence electrons. The van der Waals surface area contributed by atoms with Gasteiger partial charge >= 0.3 is 5.97 Å². The van der Waals surface area contributed by atoms with E-state index < -0.39 is 5.97 Å². The summed E-state index contributed by atoms with van der Waals surface area (Å²) in [7, 11) is 0. The van der Waals surface area contributed by atoms with Crippen LogP contribution < -0.4 is 5.32 Å². The van der Waals surface area contributed by atoms with Gasteiger partial charge in [-0.25, -0.2) is 4.79 Å². The van der Waals surface area contributed by atoms with E-state index in [-0.39, 0.29) is 18.1 Å². The summed E-state index contributed by atoms with van der Waals surface area (Å²) in [5.74, 6) is 4.23. The number of aromatic amines is 1. The Balaban J connectivity index is 2.56. The molecule has 0 spiro atoms. The number of hydrogen-bond donors (Lipinski definition) is 3. The van der Waals surface area contributed by atoms with Gasteiger partial charge in [0.05, 0.1) is 6.54 Å². The van der Waals surface area contributed by atoms with Crippen LogP contribution in [0.3, 0.4) is 0 Å². The number of H-pyrrole nitrogens is 1. The zero-order valence-corrected chi connectivity index (χ0v) is 8.13. The summed E-state index contributed by atoms with van der Waals surface area (Å²) in [4.78, 5) is 23.5. The van der Waals surface area contributed by atoms with Crippen molar-refractivity contribution >= 4 is 11.9 Å². The molecule has 0 saturated heterocycles. The number of amides is 1. The van der Waals surface area contributed by atoms with Crippen LogP contribution in [-0.2, 0) is 4.79 Å². The minimum Gasteiger partial charge on any atom is -0.477 e. The van der Waals surface area contributed by atoms with Gasteiger partial charge in [-0.3, -0.25) is 4.79 Å². The van der Waals surface area contributed by atoms with Crippen LogP contribution in [0, 0.1) is 11.8 Å². The molecule has 1 aromatic heterocycles. The highest BCUT2D eigenvalue weighted by Gasteiger charge is 2.03. The molecule has 15 heavy (non-hydrogen) atoms. The molecular weight excluding hydrogens is 196 g/mol. The average molecular weight is 206 g/mol. The highest BCUT2D eigenvalue weighted by molar-refractivity contribution is 5.86. The number of carboxylic acid groups (broad SMARTS) is 1. The van der Waals surface area contributed by atoms with E-state index in [1.807, 2.05) is 0 Å². The summed E-state index contributed by atoms with van der Waals surface area (Å²) in [6, 6.07) is 1.43. The Morgan fingerprint density at radius 1 is 1.60 bits per heavy atom. The lowest BCUT2D eigenvalue weighted by atomic mass is 10.3. The third kappa shape index (κ3) is 3.56. The number of rotatable bonds is 2. The van der Waals surface area contributed by atoms with Gasteiger partial charge in [0, 0.05) is 18.7 Å². The van der Waals surface area contributed by atoms with Gasteiger partial charge in [-0.05, 0) is 6.07 Å². The number of carboxylic acids is 1. The number of nitrogens with one attached hydrogen (secondary N) is 2. The number of hydrogen-bond acceptors (Lipinski definition) is 2. The first-order chi connectivity index (χ1) is 7.09. The topological polar surface area (TPSA) is 82.2 Å². The van der Waals surface area contributed by atoms with Crippen molar-refractivity contribution in [1.29, 1.82) is 0 Å². The van der Waals surface area contributed by atoms with Crippen LogP contribution in [0.4, 0.5) is 0 Å². The van der Waals surface area contributed by atoms with Crippen LogP contribution in [-0.4, -0.2) is 28.5 Å². The number of aromatic nitrogens is 1. The molecule has 0 bridgehead atoms. The number of carbonyl (C=O) groups is 2. The lowest BCUT2D eigenvalue weighted by Gasteiger charge is -1.90. The largest absolute Gasteiger partial charge is 0.477 e. The molecule has 0 unspecified atom stereocenters. The van der Waals surface area contributed by atoms with E-state index in [4.69, 9.17) is 5.11 Å². The molecule has 3 N–H and O–H groups in total. The molecule has 1 rings (SSSR count). The van der Waals surface area contributed by atoms with E-state index in [2.05, 4.69) is 22.1 Å². The first kappa shape index (κ1) is 10.9. The lowest BCUT2D eigenvalue weighted by Crippen LogP contribution is -2.19. The van der Waals surface area contributed by atoms with Crippen molar-refractivity contribution in [2.24, 2.45) is 0 Å². The fourth-order valence-corrected chi connectivity index (χ4v) is 0.905. The summed E-state index contributed by atoms with van der Waals surface area (Å²) in [5.41, 5.74) is 0.677. The fraction of sp³-hybridized carbons (Fsp3) is 0.200. The molecule has 0 aliphatic carbocycles. The summed E-state index contributed by atoms with van der Waals surface area (Å²) in [5, 5.41) is 11.1. The normalized spacial score (nSPS) is 8.87. The molecule has 5 heteroatoms. The standard InChI is InChI=1S/C10H10N2O3/c1-7(13)11-4-2-3-8-5-9(10(14)15)12-6-8/h5-6,12H,4H2,1H3,(H,11,13)(H,14,15). The molecule has 0 fully saturated rings. The van der Waals surface area contributed by atoms with Crippen molar-refractivity contribution in [3.8, 4) is 11.8 Å². The monoisotopic (exact) mass is 206 g/mol. The Morgan fingerprint density at radius 3 is 2.87 bits per heavy atom. The average Bonchev–Trinajstić information content (AvgIpc) is 2.60. The van der Waals surface area contributed by atoms with Crippen molar-refractivity contribution in [1.82, 2.24) is 10.3 Å². The first-order valence-corrected chi connectivity index (χ1v) is 4.24. The van der Waals surface area contributed by atoms with E-state index in [0.717, 1.165) is 0 Å². The van der Waals surface area contributed by atoms with E-state index in [9.17, 15) is 9.59 Å². The Morgan fingerprint density at radius 2 is 2.33 bits per heavy atom. The third-order valence-electron chi connectivity index (χ3n) is 1.57. The molecule has 0 aliphatic rings. The summed E-state index contributed by atoms with van der Waals surface area (Å²) >= 11 is 0. The third-order valence-corrected chi connectivity index (χ3v) is 1.57. The molecule has 5 nitrogen and oxygen atoms in total. The van der Waals surface area contributed by atoms with Gasteiger partial charge in [0.15, 0.2) is 0 Å². The van der Waals surface area contributed by atoms with Crippen LogP contribution in [0.15, 0.2) is 12.3 Å². The van der Waals surface area contributed by atoms with Crippen LogP contribution >= 0.6 is 0 Å². The molecule has 1 amide bonds. The van der Waals surface area contributed by atoms with Crippen LogP contribution in [0.5, 0.6) is 0 Å². The molecule has 1 heterocycles. The maximum Gasteiger partial charge on any atom is 0.352 e. The summed E-state index contributed by atoms with van der Waals surface area (Å²) < 4.78 is 0. The van der Waals surface area contributed by atoms with Crippen molar-refractivity contribution in [3.63, 3.8) is 0 Å². The van der Waals surface area contributed by atoms with Gasteiger partial charge in [-0.15, -0.1) is 0 Å². The second-order valence-corrected chi connectivity index (χ2v) is 2.82. The number of carbonyl (C=O) groups excluding carboxylic acids is 1. The van der Waals surface area contributed by atoms with Gasteiger partial charge in [-0.1, -0.05) is 11.8 Å². The van der Waals surface area contributed by atoms with Crippen LogP contribution in [0.1, 0.15) is 23.0 Å². The van der Waals surface area contributed by atoms with Crippen LogP contribution in [0.25, 0.3) is 0 Å². The summed E-state index contributed by atoms with van der Waals surface area (Å²) in [6.07, 6.45) is 1.50. The lowest BCUT2D eigenvalue weighted by molar-refractivity contribution is -0.118. The van der Waals surface area contributed by atoms with Gasteiger partial charge in [0.1, 0.15) is 5.69 Å². The van der Waals surface area contributed by atoms with Crippen molar-refractivity contribution in [2.75, 3.05) is 6.54 Å². The first-order valence-electron chi connectivity index (χ1n) is 4.24. The zero-order valence-electron chi connectivity index (χ0n) is 8.13. The SMILES string of the molecule is CC(=O)NCC#Cc1c[nH]c(C(=O)O)c1. The second kappa shape index (κ2) is 4.86. The van der Waals surface area contributed by atoms with Crippen molar-refractivity contribution < 1.29 is 14.7 Å². The number of aromatic carboxylic acids is 1. The Labute approximate surface area is 86.5 Å². The zero-order chi connectivity index (χ0) is 11.3. The predicted octanol–water partition coefficient (Wildman–Crippen LogP) is 0.201. The van der Waals surface area contributed by atoms with E-state index in [1.165, 1.54) is 19.2 Å². The highest BCUT2D eigenvalue weighted by Crippen LogP contribution is 2.00. The van der Waals surface area contributed by atoms with Gasteiger partial charge in [0.2, 0.25) is 5.91 Å². The van der Waals surface area contributed by atoms with E-state index in [0.29, 0.717) is 5.56 Å². The van der Waals surface area contributed by atoms with Gasteiger partial charge in [0.25, 0.3) is 0 Å². The Hall–Kier alpha value is -2.22. The molecule has 0 aromatic carbocycles. The molecule has 0 aliphatic heterocycles. The quantitative estimate of drug-likeness (QED) is 0.604. The van der Waals surface area contributed by atoms with Gasteiger partial charge < -0.3 is 15.4 Å². The van der Waals surface area contributed by atoms with Crippen molar-refractivity contribution in [2.45, 2.75) is 6.92 Å².